The Morgan fingerprint density at radius 1 is 1.28 bits per heavy atom. The van der Waals surface area contributed by atoms with Crippen molar-refractivity contribution in [2.45, 2.75) is 0 Å². The SMILES string of the molecule is Cn1cnc2c(-c3cc(N)ccn3)nc(Cl)nc21. The molecule has 18 heavy (non-hydrogen) atoms. The predicted octanol–water partition coefficient (Wildman–Crippen LogP) is 1.66. The number of hydrogen-bond donors (Lipinski definition) is 1. The maximum absolute atomic E-state index is 5.92. The number of fused-ring (bicyclic) bond motifs is 1. The molecule has 0 fully saturated rings. The van der Waals surface area contributed by atoms with Crippen molar-refractivity contribution in [2.75, 3.05) is 5.73 Å². The normalized spacial score (nSPS) is 11.0. The lowest BCUT2D eigenvalue weighted by molar-refractivity contribution is 0.928. The summed E-state index contributed by atoms with van der Waals surface area (Å²) in [4.78, 5) is 16.8. The largest absolute Gasteiger partial charge is 0.399 e. The zero-order chi connectivity index (χ0) is 12.7. The number of halogens is 1. The van der Waals surface area contributed by atoms with Gasteiger partial charge >= 0.3 is 0 Å². The summed E-state index contributed by atoms with van der Waals surface area (Å²) in [7, 11) is 1.84. The molecular weight excluding hydrogens is 252 g/mol. The molecule has 7 heteroatoms. The zero-order valence-electron chi connectivity index (χ0n) is 9.50. The Balaban J connectivity index is 2.35. The second-order valence-electron chi connectivity index (χ2n) is 3.84. The van der Waals surface area contributed by atoms with E-state index in [1.54, 1.807) is 29.2 Å². The maximum Gasteiger partial charge on any atom is 0.225 e. The first-order valence-corrected chi connectivity index (χ1v) is 5.59. The van der Waals surface area contributed by atoms with Crippen molar-refractivity contribution in [2.24, 2.45) is 7.05 Å². The molecule has 90 valence electrons. The Bertz CT molecular complexity index is 735. The molecule has 0 radical (unpaired) electrons. The molecule has 3 aromatic rings. The summed E-state index contributed by atoms with van der Waals surface area (Å²) in [5.74, 6) is 0. The molecule has 0 amide bonds. The minimum Gasteiger partial charge on any atom is -0.399 e. The van der Waals surface area contributed by atoms with Crippen LogP contribution in [0.5, 0.6) is 0 Å². The quantitative estimate of drug-likeness (QED) is 0.673. The molecule has 6 nitrogen and oxygen atoms in total. The van der Waals surface area contributed by atoms with Gasteiger partial charge in [-0.3, -0.25) is 4.98 Å². The molecule has 0 aliphatic heterocycles. The van der Waals surface area contributed by atoms with Gasteiger partial charge in [0.05, 0.1) is 12.0 Å². The Hall–Kier alpha value is -2.21. The molecular formula is C11H9ClN6. The third kappa shape index (κ3) is 1.67. The third-order valence-electron chi connectivity index (χ3n) is 2.56. The molecule has 0 aliphatic rings. The highest BCUT2D eigenvalue weighted by Gasteiger charge is 2.13. The topological polar surface area (TPSA) is 82.5 Å². The van der Waals surface area contributed by atoms with Gasteiger partial charge in [0.25, 0.3) is 0 Å². The van der Waals surface area contributed by atoms with E-state index >= 15 is 0 Å². The third-order valence-corrected chi connectivity index (χ3v) is 2.73. The summed E-state index contributed by atoms with van der Waals surface area (Å²) in [6.45, 7) is 0. The first kappa shape index (κ1) is 10.9. The summed E-state index contributed by atoms with van der Waals surface area (Å²) in [5, 5.41) is 0.158. The molecule has 0 atom stereocenters. The fourth-order valence-electron chi connectivity index (χ4n) is 1.74. The highest BCUT2D eigenvalue weighted by Crippen LogP contribution is 2.25. The van der Waals surface area contributed by atoms with E-state index in [2.05, 4.69) is 19.9 Å². The standard InChI is InChI=1S/C11H9ClN6/c1-18-5-15-9-8(16-11(12)17-10(9)18)7-4-6(13)2-3-14-7/h2-5H,1H3,(H2,13,14). The maximum atomic E-state index is 5.92. The minimum atomic E-state index is 0.158. The van der Waals surface area contributed by atoms with Crippen molar-refractivity contribution in [3.8, 4) is 11.4 Å². The number of aryl methyl sites for hydroxylation is 1. The molecule has 3 aromatic heterocycles. The summed E-state index contributed by atoms with van der Waals surface area (Å²) in [6, 6.07) is 3.44. The van der Waals surface area contributed by atoms with Gasteiger partial charge < -0.3 is 10.3 Å². The lowest BCUT2D eigenvalue weighted by Gasteiger charge is -2.03. The van der Waals surface area contributed by atoms with Crippen molar-refractivity contribution in [1.29, 1.82) is 0 Å². The van der Waals surface area contributed by atoms with Crippen LogP contribution in [0.4, 0.5) is 5.69 Å². The predicted molar refractivity (Wildman–Crippen MR) is 69.0 cm³/mol. The van der Waals surface area contributed by atoms with Gasteiger partial charge in [-0.2, -0.15) is 4.98 Å². The minimum absolute atomic E-state index is 0.158. The molecule has 2 N–H and O–H groups in total. The molecule has 0 unspecified atom stereocenters. The van der Waals surface area contributed by atoms with Gasteiger partial charge in [-0.1, -0.05) is 0 Å². The van der Waals surface area contributed by atoms with Crippen LogP contribution in [0.3, 0.4) is 0 Å². The monoisotopic (exact) mass is 260 g/mol. The van der Waals surface area contributed by atoms with E-state index in [4.69, 9.17) is 17.3 Å². The number of nitrogens with two attached hydrogens (primary N) is 1. The van der Waals surface area contributed by atoms with Gasteiger partial charge in [0, 0.05) is 18.9 Å². The average Bonchev–Trinajstić information content (AvgIpc) is 2.70. The molecule has 0 saturated carbocycles. The number of nitrogens with zero attached hydrogens (tertiary/aromatic N) is 5. The van der Waals surface area contributed by atoms with Crippen molar-refractivity contribution >= 4 is 28.5 Å². The highest BCUT2D eigenvalue weighted by molar-refractivity contribution is 6.28. The molecule has 0 spiro atoms. The van der Waals surface area contributed by atoms with E-state index in [1.807, 2.05) is 7.05 Å². The second-order valence-corrected chi connectivity index (χ2v) is 4.18. The average molecular weight is 261 g/mol. The number of rotatable bonds is 1. The van der Waals surface area contributed by atoms with Gasteiger partial charge in [0.2, 0.25) is 5.28 Å². The van der Waals surface area contributed by atoms with E-state index in [-0.39, 0.29) is 5.28 Å². The zero-order valence-corrected chi connectivity index (χ0v) is 10.3. The van der Waals surface area contributed by atoms with E-state index in [1.165, 1.54) is 0 Å². The Morgan fingerprint density at radius 3 is 2.89 bits per heavy atom. The number of imidazole rings is 1. The number of hydrogen-bond acceptors (Lipinski definition) is 5. The van der Waals surface area contributed by atoms with Crippen molar-refractivity contribution in [3.63, 3.8) is 0 Å². The number of aromatic nitrogens is 5. The molecule has 0 aliphatic carbocycles. The summed E-state index contributed by atoms with van der Waals surface area (Å²) in [6.07, 6.45) is 3.28. The van der Waals surface area contributed by atoms with Gasteiger partial charge in [0.15, 0.2) is 5.65 Å². The molecule has 3 rings (SSSR count). The van der Waals surface area contributed by atoms with Crippen LogP contribution in [0.15, 0.2) is 24.7 Å². The fraction of sp³-hybridized carbons (Fsp3) is 0.0909. The van der Waals surface area contributed by atoms with Crippen LogP contribution >= 0.6 is 11.6 Å². The molecule has 0 saturated heterocycles. The number of anilines is 1. The van der Waals surface area contributed by atoms with E-state index in [9.17, 15) is 0 Å². The van der Waals surface area contributed by atoms with Crippen LogP contribution in [0.2, 0.25) is 5.28 Å². The molecule has 0 aromatic carbocycles. The van der Waals surface area contributed by atoms with Crippen LogP contribution < -0.4 is 5.73 Å². The Morgan fingerprint density at radius 2 is 2.11 bits per heavy atom. The highest BCUT2D eigenvalue weighted by atomic mass is 35.5. The van der Waals surface area contributed by atoms with Crippen molar-refractivity contribution in [1.82, 2.24) is 24.5 Å². The van der Waals surface area contributed by atoms with Crippen molar-refractivity contribution < 1.29 is 0 Å². The van der Waals surface area contributed by atoms with Gasteiger partial charge in [-0.15, -0.1) is 0 Å². The lowest BCUT2D eigenvalue weighted by atomic mass is 10.2. The van der Waals surface area contributed by atoms with E-state index in [0.717, 1.165) is 0 Å². The second kappa shape index (κ2) is 3.92. The summed E-state index contributed by atoms with van der Waals surface area (Å²) in [5.41, 5.74) is 8.87. The van der Waals surface area contributed by atoms with E-state index in [0.29, 0.717) is 28.2 Å². The van der Waals surface area contributed by atoms with Gasteiger partial charge in [0.1, 0.15) is 11.2 Å². The van der Waals surface area contributed by atoms with Crippen LogP contribution in [0.1, 0.15) is 0 Å². The van der Waals surface area contributed by atoms with Crippen LogP contribution in [0.25, 0.3) is 22.6 Å². The first-order valence-electron chi connectivity index (χ1n) is 5.21. The Kier molecular flexibility index (Phi) is 2.38. The number of nitrogen functional groups attached to an aromatic ring is 1. The van der Waals surface area contributed by atoms with E-state index < -0.39 is 0 Å². The lowest BCUT2D eigenvalue weighted by Crippen LogP contribution is -1.96. The number of pyridine rings is 1. The van der Waals surface area contributed by atoms with Gasteiger partial charge in [-0.25, -0.2) is 9.97 Å². The molecule has 0 bridgehead atoms. The summed E-state index contributed by atoms with van der Waals surface area (Å²) < 4.78 is 1.78. The first-order chi connectivity index (χ1) is 8.65. The van der Waals surface area contributed by atoms with Gasteiger partial charge in [-0.05, 0) is 23.7 Å². The fourth-order valence-corrected chi connectivity index (χ4v) is 1.90. The smallest absolute Gasteiger partial charge is 0.225 e. The Labute approximate surface area is 107 Å². The van der Waals surface area contributed by atoms with Crippen LogP contribution in [-0.2, 0) is 7.05 Å². The molecule has 3 heterocycles. The van der Waals surface area contributed by atoms with Crippen LogP contribution in [0, 0.1) is 0 Å². The summed E-state index contributed by atoms with van der Waals surface area (Å²) >= 11 is 5.92. The van der Waals surface area contributed by atoms with Crippen molar-refractivity contribution in [3.05, 3.63) is 29.9 Å². The van der Waals surface area contributed by atoms with Crippen LogP contribution in [-0.4, -0.2) is 24.5 Å².